The number of fused-ring (bicyclic) bond motifs is 1. The van der Waals surface area contributed by atoms with E-state index in [-0.39, 0.29) is 23.2 Å². The maximum absolute atomic E-state index is 12.4. The van der Waals surface area contributed by atoms with Crippen molar-refractivity contribution in [2.45, 2.75) is 44.1 Å². The summed E-state index contributed by atoms with van der Waals surface area (Å²) in [6.45, 7) is 1.93. The van der Waals surface area contributed by atoms with Gasteiger partial charge in [0.2, 0.25) is 5.91 Å². The third-order valence-electron chi connectivity index (χ3n) is 3.80. The van der Waals surface area contributed by atoms with E-state index in [1.54, 1.807) is 18.9 Å². The van der Waals surface area contributed by atoms with Crippen LogP contribution in [0.4, 0.5) is 5.69 Å². The highest BCUT2D eigenvalue weighted by Crippen LogP contribution is 2.33. The van der Waals surface area contributed by atoms with Gasteiger partial charge in [0.1, 0.15) is 5.69 Å². The van der Waals surface area contributed by atoms with Gasteiger partial charge < -0.3 is 4.90 Å². The second kappa shape index (κ2) is 6.53. The van der Waals surface area contributed by atoms with E-state index in [0.717, 1.165) is 25.7 Å². The Labute approximate surface area is 131 Å². The zero-order valence-electron chi connectivity index (χ0n) is 13.0. The van der Waals surface area contributed by atoms with Gasteiger partial charge in [0.25, 0.3) is 0 Å². The molecular formula is C15H21N3O3S. The molecule has 0 saturated carbocycles. The zero-order chi connectivity index (χ0) is 16.3. The third kappa shape index (κ3) is 3.17. The number of terminal acetylenes is 1. The quantitative estimate of drug-likeness (QED) is 0.607. The van der Waals surface area contributed by atoms with Crippen LogP contribution in [0.3, 0.4) is 0 Å². The predicted molar refractivity (Wildman–Crippen MR) is 84.3 cm³/mol. The van der Waals surface area contributed by atoms with Crippen LogP contribution in [0.15, 0.2) is 5.03 Å². The number of nitrogens with zero attached hydrogens (tertiary/aromatic N) is 3. The lowest BCUT2D eigenvalue weighted by Gasteiger charge is -2.27. The van der Waals surface area contributed by atoms with E-state index in [1.807, 2.05) is 0 Å². The van der Waals surface area contributed by atoms with Crippen LogP contribution in [0.1, 0.15) is 37.8 Å². The summed E-state index contributed by atoms with van der Waals surface area (Å²) in [5.74, 6) is 2.48. The summed E-state index contributed by atoms with van der Waals surface area (Å²) in [5, 5.41) is 4.31. The molecule has 0 unspecified atom stereocenters. The first-order valence-corrected chi connectivity index (χ1v) is 9.04. The molecule has 0 saturated heterocycles. The fraction of sp³-hybridized carbons (Fsp3) is 0.600. The first-order valence-electron chi connectivity index (χ1n) is 7.38. The van der Waals surface area contributed by atoms with Gasteiger partial charge in [-0.1, -0.05) is 6.42 Å². The highest BCUT2D eigenvalue weighted by Gasteiger charge is 2.36. The van der Waals surface area contributed by atoms with E-state index < -0.39 is 9.84 Å². The molecule has 1 amide bonds. The van der Waals surface area contributed by atoms with E-state index >= 15 is 0 Å². The number of carbonyl (C=O) groups is 1. The van der Waals surface area contributed by atoms with Gasteiger partial charge in [-0.25, -0.2) is 8.42 Å². The van der Waals surface area contributed by atoms with Crippen molar-refractivity contribution in [3.8, 4) is 12.3 Å². The number of aryl methyl sites for hydroxylation is 2. The minimum atomic E-state index is -3.37. The number of carbonyl (C=O) groups excluding carboxylic acids is 1. The average Bonchev–Trinajstić information content (AvgIpc) is 2.75. The van der Waals surface area contributed by atoms with Crippen LogP contribution in [0.5, 0.6) is 0 Å². The van der Waals surface area contributed by atoms with Gasteiger partial charge in [-0.05, 0) is 19.8 Å². The fourth-order valence-electron chi connectivity index (χ4n) is 2.77. The van der Waals surface area contributed by atoms with Gasteiger partial charge in [-0.2, -0.15) is 5.10 Å². The minimum absolute atomic E-state index is 0.0482. The molecule has 22 heavy (non-hydrogen) atoms. The monoisotopic (exact) mass is 323 g/mol. The topological polar surface area (TPSA) is 72.3 Å². The van der Waals surface area contributed by atoms with Crippen LogP contribution in [0.2, 0.25) is 0 Å². The molecule has 7 heteroatoms. The molecule has 0 N–H and O–H groups in total. The Hall–Kier alpha value is -1.81. The van der Waals surface area contributed by atoms with Crippen molar-refractivity contribution >= 4 is 21.4 Å². The summed E-state index contributed by atoms with van der Waals surface area (Å²) in [7, 11) is -1.77. The Balaban J connectivity index is 2.14. The first kappa shape index (κ1) is 16.6. The second-order valence-corrected chi connectivity index (χ2v) is 7.52. The van der Waals surface area contributed by atoms with Crippen molar-refractivity contribution in [1.82, 2.24) is 9.78 Å². The van der Waals surface area contributed by atoms with Crippen LogP contribution in [0.25, 0.3) is 0 Å². The Kier molecular flexibility index (Phi) is 4.91. The highest BCUT2D eigenvalue weighted by molar-refractivity contribution is 7.91. The molecule has 2 rings (SSSR count). The summed E-state index contributed by atoms with van der Waals surface area (Å²) in [6, 6.07) is 0. The summed E-state index contributed by atoms with van der Waals surface area (Å²) in [5.41, 5.74) is 1.02. The number of amides is 1. The molecule has 1 aromatic heterocycles. The van der Waals surface area contributed by atoms with E-state index in [0.29, 0.717) is 17.8 Å². The second-order valence-electron chi connectivity index (χ2n) is 5.49. The van der Waals surface area contributed by atoms with Gasteiger partial charge >= 0.3 is 0 Å². The Morgan fingerprint density at radius 3 is 2.77 bits per heavy atom. The lowest BCUT2D eigenvalue weighted by atomic mass is 10.1. The number of aromatic nitrogens is 2. The van der Waals surface area contributed by atoms with Crippen molar-refractivity contribution in [3.05, 3.63) is 5.69 Å². The molecule has 120 valence electrons. The minimum Gasteiger partial charge on any atom is -0.307 e. The van der Waals surface area contributed by atoms with Crippen molar-refractivity contribution in [2.24, 2.45) is 7.05 Å². The number of unbranched alkanes of at least 4 members (excludes halogenated alkanes) is 3. The zero-order valence-corrected chi connectivity index (χ0v) is 13.8. The summed E-state index contributed by atoms with van der Waals surface area (Å²) in [6.07, 6.45) is 8.90. The van der Waals surface area contributed by atoms with Crippen LogP contribution >= 0.6 is 0 Å². The summed E-state index contributed by atoms with van der Waals surface area (Å²) >= 11 is 0. The standard InChI is InChI=1S/C15H21N3O3S/c1-4-5-6-7-8-9-13(19)18-10-11-22(20,21)15-14(18)12(2)16-17(15)3/h1H,5-11H2,2-3H3. The third-order valence-corrected chi connectivity index (χ3v) is 5.57. The number of rotatable bonds is 5. The predicted octanol–water partition coefficient (Wildman–Crippen LogP) is 1.43. The molecule has 0 bridgehead atoms. The number of sulfone groups is 1. The van der Waals surface area contributed by atoms with Gasteiger partial charge in [0.15, 0.2) is 14.9 Å². The largest absolute Gasteiger partial charge is 0.307 e. The molecule has 2 heterocycles. The molecule has 0 radical (unpaired) electrons. The molecule has 1 aliphatic rings. The maximum Gasteiger partial charge on any atom is 0.227 e. The Morgan fingerprint density at radius 2 is 2.09 bits per heavy atom. The van der Waals surface area contributed by atoms with Gasteiger partial charge in [0.05, 0.1) is 11.4 Å². The van der Waals surface area contributed by atoms with Crippen molar-refractivity contribution < 1.29 is 13.2 Å². The van der Waals surface area contributed by atoms with Crippen LogP contribution in [0, 0.1) is 19.3 Å². The highest BCUT2D eigenvalue weighted by atomic mass is 32.2. The van der Waals surface area contributed by atoms with E-state index in [4.69, 9.17) is 6.42 Å². The van der Waals surface area contributed by atoms with E-state index in [9.17, 15) is 13.2 Å². The SMILES string of the molecule is C#CCCCCCC(=O)N1CCS(=O)(=O)c2c1c(C)nn2C. The van der Waals surface area contributed by atoms with E-state index in [1.165, 1.54) is 4.68 Å². The smallest absolute Gasteiger partial charge is 0.227 e. The number of anilines is 1. The Morgan fingerprint density at radius 1 is 1.36 bits per heavy atom. The van der Waals surface area contributed by atoms with Crippen molar-refractivity contribution in [1.29, 1.82) is 0 Å². The number of hydrogen-bond donors (Lipinski definition) is 0. The lowest BCUT2D eigenvalue weighted by Crippen LogP contribution is -2.40. The molecule has 1 aromatic rings. The van der Waals surface area contributed by atoms with Crippen LogP contribution in [-0.2, 0) is 21.7 Å². The maximum atomic E-state index is 12.4. The molecule has 0 aliphatic carbocycles. The molecular weight excluding hydrogens is 302 g/mol. The van der Waals surface area contributed by atoms with E-state index in [2.05, 4.69) is 11.0 Å². The Bertz CT molecular complexity index is 713. The molecule has 0 atom stereocenters. The fourth-order valence-corrected chi connectivity index (χ4v) is 4.38. The van der Waals surface area contributed by atoms with Gasteiger partial charge in [0, 0.05) is 26.4 Å². The molecule has 6 nitrogen and oxygen atoms in total. The van der Waals surface area contributed by atoms with Gasteiger partial charge in [-0.15, -0.1) is 12.3 Å². The van der Waals surface area contributed by atoms with Crippen LogP contribution in [-0.4, -0.2) is 36.4 Å². The van der Waals surface area contributed by atoms with Crippen LogP contribution < -0.4 is 4.90 Å². The molecule has 0 spiro atoms. The number of hydrogen-bond acceptors (Lipinski definition) is 4. The average molecular weight is 323 g/mol. The molecule has 0 aromatic carbocycles. The normalized spacial score (nSPS) is 16.1. The summed E-state index contributed by atoms with van der Waals surface area (Å²) < 4.78 is 25.7. The lowest BCUT2D eigenvalue weighted by molar-refractivity contribution is -0.118. The van der Waals surface area contributed by atoms with Crippen molar-refractivity contribution in [3.63, 3.8) is 0 Å². The summed E-state index contributed by atoms with van der Waals surface area (Å²) in [4.78, 5) is 14.0. The first-order chi connectivity index (χ1) is 10.4. The van der Waals surface area contributed by atoms with Gasteiger partial charge in [-0.3, -0.25) is 9.48 Å². The van der Waals surface area contributed by atoms with Crippen molar-refractivity contribution in [2.75, 3.05) is 17.2 Å². The molecule has 0 fully saturated rings. The molecule has 1 aliphatic heterocycles.